The number of rotatable bonds is 1. The lowest BCUT2D eigenvalue weighted by Gasteiger charge is -2.23. The molecule has 0 fully saturated rings. The van der Waals surface area contributed by atoms with Gasteiger partial charge in [0, 0.05) is 5.69 Å². The van der Waals surface area contributed by atoms with Gasteiger partial charge < -0.3 is 5.32 Å². The number of fused-ring (bicyclic) bond motifs is 1. The average Bonchev–Trinajstić information content (AvgIpc) is 2.17. The van der Waals surface area contributed by atoms with Crippen molar-refractivity contribution in [2.75, 3.05) is 5.32 Å². The minimum absolute atomic E-state index is 0.310. The Balaban J connectivity index is 2.24. The number of hydrogen-bond donors (Lipinski definition) is 1. The van der Waals surface area contributed by atoms with Gasteiger partial charge in [0.1, 0.15) is 6.04 Å². The normalized spacial score (nSPS) is 20.2. The number of nitrogens with one attached hydrogen (secondary N) is 2. The average molecular weight is 175 g/mol. The van der Waals surface area contributed by atoms with Crippen LogP contribution in [0.4, 0.5) is 5.69 Å². The summed E-state index contributed by atoms with van der Waals surface area (Å²) in [5.41, 5.74) is 9.25. The number of amides is 1. The van der Waals surface area contributed by atoms with E-state index >= 15 is 0 Å². The van der Waals surface area contributed by atoms with Gasteiger partial charge in [-0.1, -0.05) is 18.2 Å². The third kappa shape index (κ3) is 1.49. The van der Waals surface area contributed by atoms with Crippen molar-refractivity contribution < 1.29 is 4.79 Å². The van der Waals surface area contributed by atoms with E-state index in [-0.39, 0.29) is 6.04 Å². The second-order valence-corrected chi connectivity index (χ2v) is 3.26. The molecule has 1 unspecified atom stereocenters. The molecule has 1 amide bonds. The van der Waals surface area contributed by atoms with Crippen molar-refractivity contribution in [2.24, 2.45) is 0 Å². The molecule has 1 aromatic rings. The molecule has 1 radical (unpaired) electrons. The number of aryl methyl sites for hydroxylation is 1. The van der Waals surface area contributed by atoms with E-state index in [4.69, 9.17) is 5.73 Å². The summed E-state index contributed by atoms with van der Waals surface area (Å²) in [6.45, 7) is 0. The SMILES string of the molecule is [NH]C(=O)C1CCc2ccccc2N1. The number of hydrogen-bond acceptors (Lipinski definition) is 2. The molecule has 0 bridgehead atoms. The molecule has 1 aliphatic rings. The highest BCUT2D eigenvalue weighted by molar-refractivity contribution is 5.83. The van der Waals surface area contributed by atoms with Crippen molar-refractivity contribution in [1.29, 1.82) is 0 Å². The monoisotopic (exact) mass is 175 g/mol. The zero-order chi connectivity index (χ0) is 9.26. The molecule has 0 aromatic heterocycles. The largest absolute Gasteiger partial charge is 0.373 e. The Kier molecular flexibility index (Phi) is 1.93. The molecule has 0 saturated heterocycles. The van der Waals surface area contributed by atoms with Crippen LogP contribution in [0.25, 0.3) is 0 Å². The Bertz CT molecular complexity index is 335. The molecule has 2 N–H and O–H groups in total. The zero-order valence-electron chi connectivity index (χ0n) is 7.21. The number of carbonyl (C=O) groups excluding carboxylic acids is 1. The van der Waals surface area contributed by atoms with E-state index in [1.54, 1.807) is 0 Å². The Labute approximate surface area is 76.9 Å². The van der Waals surface area contributed by atoms with E-state index in [0.717, 1.165) is 18.5 Å². The molecule has 13 heavy (non-hydrogen) atoms. The van der Waals surface area contributed by atoms with E-state index in [1.165, 1.54) is 5.56 Å². The van der Waals surface area contributed by atoms with Gasteiger partial charge in [-0.25, -0.2) is 0 Å². The number of para-hydroxylation sites is 1. The summed E-state index contributed by atoms with van der Waals surface area (Å²) in [6.07, 6.45) is 1.62. The van der Waals surface area contributed by atoms with Gasteiger partial charge in [0.2, 0.25) is 0 Å². The fraction of sp³-hybridized carbons (Fsp3) is 0.300. The molecule has 1 atom stereocenters. The highest BCUT2D eigenvalue weighted by Gasteiger charge is 2.21. The number of benzene rings is 1. The molecule has 0 spiro atoms. The summed E-state index contributed by atoms with van der Waals surface area (Å²) in [6, 6.07) is 7.61. The van der Waals surface area contributed by atoms with Crippen molar-refractivity contribution in [3.05, 3.63) is 29.8 Å². The van der Waals surface area contributed by atoms with E-state index in [2.05, 4.69) is 5.32 Å². The minimum Gasteiger partial charge on any atom is -0.373 e. The molecule has 1 heterocycles. The van der Waals surface area contributed by atoms with Crippen LogP contribution in [0.15, 0.2) is 24.3 Å². The quantitative estimate of drug-likeness (QED) is 0.697. The fourth-order valence-corrected chi connectivity index (χ4v) is 1.64. The summed E-state index contributed by atoms with van der Waals surface area (Å²) >= 11 is 0. The molecule has 67 valence electrons. The second-order valence-electron chi connectivity index (χ2n) is 3.26. The van der Waals surface area contributed by atoms with Crippen LogP contribution in [0.2, 0.25) is 0 Å². The molecule has 3 nitrogen and oxygen atoms in total. The Morgan fingerprint density at radius 3 is 3.00 bits per heavy atom. The molecule has 1 aliphatic heterocycles. The predicted octanol–water partition coefficient (Wildman–Crippen LogP) is 1.22. The Morgan fingerprint density at radius 1 is 1.46 bits per heavy atom. The van der Waals surface area contributed by atoms with Crippen LogP contribution in [0.3, 0.4) is 0 Å². The van der Waals surface area contributed by atoms with E-state index in [1.807, 2.05) is 24.3 Å². The maximum Gasteiger partial charge on any atom is 0.260 e. The lowest BCUT2D eigenvalue weighted by molar-refractivity contribution is -0.119. The maximum absolute atomic E-state index is 10.8. The molecule has 3 heteroatoms. The Morgan fingerprint density at radius 2 is 2.23 bits per heavy atom. The number of anilines is 1. The van der Waals surface area contributed by atoms with Crippen LogP contribution >= 0.6 is 0 Å². The van der Waals surface area contributed by atoms with Crippen molar-refractivity contribution in [3.8, 4) is 0 Å². The van der Waals surface area contributed by atoms with Crippen molar-refractivity contribution in [1.82, 2.24) is 5.73 Å². The van der Waals surface area contributed by atoms with Gasteiger partial charge in [-0.3, -0.25) is 10.5 Å². The standard InChI is InChI=1S/C10H11N2O/c11-10(13)9-6-5-7-3-1-2-4-8(7)12-9/h1-4,9,11-12H,5-6H2. The first kappa shape index (κ1) is 8.10. The van der Waals surface area contributed by atoms with E-state index < -0.39 is 5.91 Å². The van der Waals surface area contributed by atoms with Crippen LogP contribution in [0.1, 0.15) is 12.0 Å². The first-order valence-electron chi connectivity index (χ1n) is 4.37. The zero-order valence-corrected chi connectivity index (χ0v) is 7.21. The summed E-state index contributed by atoms with van der Waals surface area (Å²) in [5.74, 6) is -0.519. The second kappa shape index (κ2) is 3.09. The van der Waals surface area contributed by atoms with Crippen molar-refractivity contribution >= 4 is 11.6 Å². The van der Waals surface area contributed by atoms with Crippen LogP contribution in [0.5, 0.6) is 0 Å². The van der Waals surface area contributed by atoms with Gasteiger partial charge in [0.15, 0.2) is 0 Å². The van der Waals surface area contributed by atoms with Gasteiger partial charge in [-0.2, -0.15) is 0 Å². The third-order valence-corrected chi connectivity index (χ3v) is 2.37. The fourth-order valence-electron chi connectivity index (χ4n) is 1.64. The summed E-state index contributed by atoms with van der Waals surface area (Å²) in [4.78, 5) is 10.8. The molecule has 2 rings (SSSR count). The molecule has 0 saturated carbocycles. The first-order valence-corrected chi connectivity index (χ1v) is 4.37. The Hall–Kier alpha value is -1.51. The topological polar surface area (TPSA) is 52.9 Å². The van der Waals surface area contributed by atoms with Gasteiger partial charge in [-0.15, -0.1) is 0 Å². The summed E-state index contributed by atoms with van der Waals surface area (Å²) < 4.78 is 0. The first-order chi connectivity index (χ1) is 6.27. The van der Waals surface area contributed by atoms with Gasteiger partial charge >= 0.3 is 0 Å². The summed E-state index contributed by atoms with van der Waals surface area (Å²) in [5, 5.41) is 3.06. The molecular formula is C10H11N2O. The lowest BCUT2D eigenvalue weighted by atomic mass is 9.98. The van der Waals surface area contributed by atoms with Crippen molar-refractivity contribution in [2.45, 2.75) is 18.9 Å². The number of carbonyl (C=O) groups is 1. The van der Waals surface area contributed by atoms with Crippen LogP contribution in [0, 0.1) is 0 Å². The predicted molar refractivity (Wildman–Crippen MR) is 50.3 cm³/mol. The summed E-state index contributed by atoms with van der Waals surface area (Å²) in [7, 11) is 0. The van der Waals surface area contributed by atoms with Crippen LogP contribution < -0.4 is 11.1 Å². The van der Waals surface area contributed by atoms with Crippen LogP contribution in [-0.2, 0) is 11.2 Å². The molecule has 1 aromatic carbocycles. The van der Waals surface area contributed by atoms with Gasteiger partial charge in [0.25, 0.3) is 5.91 Å². The van der Waals surface area contributed by atoms with E-state index in [0.29, 0.717) is 0 Å². The smallest absolute Gasteiger partial charge is 0.260 e. The van der Waals surface area contributed by atoms with E-state index in [9.17, 15) is 4.79 Å². The van der Waals surface area contributed by atoms with Gasteiger partial charge in [0.05, 0.1) is 0 Å². The lowest BCUT2D eigenvalue weighted by Crippen LogP contribution is -2.33. The minimum atomic E-state index is -0.519. The van der Waals surface area contributed by atoms with Crippen molar-refractivity contribution in [3.63, 3.8) is 0 Å². The highest BCUT2D eigenvalue weighted by Crippen LogP contribution is 2.23. The maximum atomic E-state index is 10.8. The molecule has 0 aliphatic carbocycles. The highest BCUT2D eigenvalue weighted by atomic mass is 16.1. The van der Waals surface area contributed by atoms with Crippen LogP contribution in [-0.4, -0.2) is 11.9 Å². The third-order valence-electron chi connectivity index (χ3n) is 2.37. The van der Waals surface area contributed by atoms with Gasteiger partial charge in [-0.05, 0) is 24.5 Å². The molecular weight excluding hydrogens is 164 g/mol.